The molecular formula is C29H24N2O. The highest BCUT2D eigenvalue weighted by Crippen LogP contribution is 2.49. The Morgan fingerprint density at radius 1 is 0.844 bits per heavy atom. The lowest BCUT2D eigenvalue weighted by Crippen LogP contribution is -2.29. The summed E-state index contributed by atoms with van der Waals surface area (Å²) in [4.78, 5) is 18.2. The molecule has 1 aliphatic heterocycles. The first-order chi connectivity index (χ1) is 15.7. The number of hydrogen-bond acceptors (Lipinski definition) is 3. The van der Waals surface area contributed by atoms with E-state index in [9.17, 15) is 4.79 Å². The van der Waals surface area contributed by atoms with Gasteiger partial charge in [-0.25, -0.2) is 0 Å². The van der Waals surface area contributed by atoms with E-state index in [0.29, 0.717) is 6.42 Å². The van der Waals surface area contributed by atoms with Gasteiger partial charge in [0, 0.05) is 35.2 Å². The SMILES string of the molecule is Cc1ccc(C2C3=C(CC(c4ccccc4)CC3=O)Nc3c2ccc2ncccc32)cc1. The second kappa shape index (κ2) is 7.45. The van der Waals surface area contributed by atoms with Gasteiger partial charge in [0.25, 0.3) is 0 Å². The molecule has 2 heterocycles. The van der Waals surface area contributed by atoms with Crippen LogP contribution < -0.4 is 5.32 Å². The number of rotatable bonds is 2. The van der Waals surface area contributed by atoms with E-state index in [2.05, 4.69) is 84.0 Å². The summed E-state index contributed by atoms with van der Waals surface area (Å²) < 4.78 is 0. The minimum atomic E-state index is -0.0596. The highest BCUT2D eigenvalue weighted by Gasteiger charge is 2.38. The maximum absolute atomic E-state index is 13.6. The smallest absolute Gasteiger partial charge is 0.162 e. The molecule has 0 bridgehead atoms. The van der Waals surface area contributed by atoms with E-state index in [1.807, 2.05) is 18.3 Å². The van der Waals surface area contributed by atoms with Crippen LogP contribution in [-0.4, -0.2) is 10.8 Å². The first-order valence-corrected chi connectivity index (χ1v) is 11.2. The van der Waals surface area contributed by atoms with Gasteiger partial charge in [-0.2, -0.15) is 0 Å². The molecule has 0 amide bonds. The molecule has 0 fully saturated rings. The third kappa shape index (κ3) is 3.04. The molecule has 1 N–H and O–H groups in total. The number of carbonyl (C=O) groups excluding carboxylic acids is 1. The molecule has 6 rings (SSSR count). The van der Waals surface area contributed by atoms with Crippen LogP contribution in [0.1, 0.15) is 46.9 Å². The van der Waals surface area contributed by atoms with Crippen LogP contribution in [0, 0.1) is 6.92 Å². The second-order valence-corrected chi connectivity index (χ2v) is 8.90. The van der Waals surface area contributed by atoms with E-state index in [1.54, 1.807) is 0 Å². The number of nitrogens with one attached hydrogen (secondary N) is 1. The molecule has 3 heteroatoms. The normalized spacial score (nSPS) is 20.0. The van der Waals surface area contributed by atoms with Crippen molar-refractivity contribution >= 4 is 22.4 Å². The van der Waals surface area contributed by atoms with Gasteiger partial charge < -0.3 is 5.32 Å². The number of pyridine rings is 1. The standard InChI is InChI=1S/C29H24N2O/c1-18-9-11-20(12-10-18)27-23-13-14-24-22(8-5-15-30-24)29(23)31-25-16-21(17-26(32)28(25)27)19-6-3-2-4-7-19/h2-15,21,27,31H,16-17H2,1H3. The Morgan fingerprint density at radius 3 is 2.47 bits per heavy atom. The number of benzene rings is 3. The Balaban J connectivity index is 1.55. The number of Topliss-reactive ketones (excluding diaryl/α,β-unsaturated/α-hetero) is 1. The average molecular weight is 417 g/mol. The maximum Gasteiger partial charge on any atom is 0.162 e. The summed E-state index contributed by atoms with van der Waals surface area (Å²) in [6, 6.07) is 27.3. The van der Waals surface area contributed by atoms with Crippen LogP contribution in [0.15, 0.2) is 96.3 Å². The van der Waals surface area contributed by atoms with Crippen molar-refractivity contribution in [2.45, 2.75) is 31.6 Å². The quantitative estimate of drug-likeness (QED) is 0.405. The van der Waals surface area contributed by atoms with Crippen LogP contribution in [0.25, 0.3) is 10.9 Å². The van der Waals surface area contributed by atoms with Crippen molar-refractivity contribution in [2.24, 2.45) is 0 Å². The monoisotopic (exact) mass is 416 g/mol. The fourth-order valence-corrected chi connectivity index (χ4v) is 5.31. The van der Waals surface area contributed by atoms with Crippen LogP contribution in [0.2, 0.25) is 0 Å². The van der Waals surface area contributed by atoms with E-state index in [-0.39, 0.29) is 17.6 Å². The van der Waals surface area contributed by atoms with E-state index < -0.39 is 0 Å². The van der Waals surface area contributed by atoms with Gasteiger partial charge >= 0.3 is 0 Å². The molecule has 3 nitrogen and oxygen atoms in total. The van der Waals surface area contributed by atoms with Gasteiger partial charge in [-0.15, -0.1) is 0 Å². The van der Waals surface area contributed by atoms with Crippen LogP contribution in [0.3, 0.4) is 0 Å². The number of ketones is 1. The molecule has 32 heavy (non-hydrogen) atoms. The van der Waals surface area contributed by atoms with Crippen molar-refractivity contribution in [2.75, 3.05) is 5.32 Å². The lowest BCUT2D eigenvalue weighted by atomic mass is 9.71. The van der Waals surface area contributed by atoms with Crippen molar-refractivity contribution in [3.05, 3.63) is 119 Å². The molecule has 3 aromatic carbocycles. The number of carbonyl (C=O) groups is 1. The van der Waals surface area contributed by atoms with Crippen molar-refractivity contribution in [1.82, 2.24) is 4.98 Å². The zero-order valence-corrected chi connectivity index (χ0v) is 18.0. The summed E-state index contributed by atoms with van der Waals surface area (Å²) in [5.41, 5.74) is 8.81. The molecule has 2 atom stereocenters. The number of allylic oxidation sites excluding steroid dienone is 2. The first kappa shape index (κ1) is 19.0. The molecule has 0 spiro atoms. The summed E-state index contributed by atoms with van der Waals surface area (Å²) in [5.74, 6) is 0.383. The van der Waals surface area contributed by atoms with Crippen molar-refractivity contribution in [3.8, 4) is 0 Å². The Bertz CT molecular complexity index is 1370. The zero-order valence-electron chi connectivity index (χ0n) is 18.0. The predicted octanol–water partition coefficient (Wildman–Crippen LogP) is 6.50. The third-order valence-corrected chi connectivity index (χ3v) is 6.88. The lowest BCUT2D eigenvalue weighted by molar-refractivity contribution is -0.116. The van der Waals surface area contributed by atoms with Gasteiger partial charge in [0.2, 0.25) is 0 Å². The van der Waals surface area contributed by atoms with Crippen LogP contribution >= 0.6 is 0 Å². The lowest BCUT2D eigenvalue weighted by Gasteiger charge is -2.37. The summed E-state index contributed by atoms with van der Waals surface area (Å²) in [5, 5.41) is 4.80. The highest BCUT2D eigenvalue weighted by molar-refractivity contribution is 6.04. The number of hydrogen-bond donors (Lipinski definition) is 1. The summed E-state index contributed by atoms with van der Waals surface area (Å²) in [6.07, 6.45) is 3.22. The summed E-state index contributed by atoms with van der Waals surface area (Å²) in [6.45, 7) is 2.10. The highest BCUT2D eigenvalue weighted by atomic mass is 16.1. The summed E-state index contributed by atoms with van der Waals surface area (Å²) >= 11 is 0. The largest absolute Gasteiger partial charge is 0.358 e. The van der Waals surface area contributed by atoms with Gasteiger partial charge in [0.05, 0.1) is 11.2 Å². The molecule has 0 saturated heterocycles. The van der Waals surface area contributed by atoms with Gasteiger partial charge in [0.1, 0.15) is 0 Å². The minimum Gasteiger partial charge on any atom is -0.358 e. The van der Waals surface area contributed by atoms with Gasteiger partial charge in [-0.05, 0) is 54.2 Å². The van der Waals surface area contributed by atoms with E-state index in [1.165, 1.54) is 16.7 Å². The molecule has 2 aliphatic rings. The Kier molecular flexibility index (Phi) is 4.43. The van der Waals surface area contributed by atoms with Gasteiger partial charge in [-0.3, -0.25) is 9.78 Å². The fourth-order valence-electron chi connectivity index (χ4n) is 5.31. The minimum absolute atomic E-state index is 0.0596. The molecule has 2 unspecified atom stereocenters. The Hall–Kier alpha value is -3.72. The number of aryl methyl sites for hydroxylation is 1. The van der Waals surface area contributed by atoms with Crippen molar-refractivity contribution in [3.63, 3.8) is 0 Å². The van der Waals surface area contributed by atoms with Crippen LogP contribution in [0.5, 0.6) is 0 Å². The number of nitrogens with zero attached hydrogens (tertiary/aromatic N) is 1. The maximum atomic E-state index is 13.6. The Labute approximate surface area is 187 Å². The second-order valence-electron chi connectivity index (χ2n) is 8.90. The number of aromatic nitrogens is 1. The van der Waals surface area contributed by atoms with E-state index >= 15 is 0 Å². The Morgan fingerprint density at radius 2 is 1.66 bits per heavy atom. The topological polar surface area (TPSA) is 42.0 Å². The molecule has 0 radical (unpaired) electrons. The zero-order chi connectivity index (χ0) is 21.7. The average Bonchev–Trinajstić information content (AvgIpc) is 2.84. The fraction of sp³-hybridized carbons (Fsp3) is 0.172. The predicted molar refractivity (Wildman–Crippen MR) is 129 cm³/mol. The molecule has 1 aliphatic carbocycles. The summed E-state index contributed by atoms with van der Waals surface area (Å²) in [7, 11) is 0. The van der Waals surface area contributed by atoms with Gasteiger partial charge in [0.15, 0.2) is 5.78 Å². The third-order valence-electron chi connectivity index (χ3n) is 6.88. The first-order valence-electron chi connectivity index (χ1n) is 11.2. The molecule has 1 aromatic heterocycles. The molecule has 0 saturated carbocycles. The van der Waals surface area contributed by atoms with Crippen molar-refractivity contribution in [1.29, 1.82) is 0 Å². The van der Waals surface area contributed by atoms with Crippen molar-refractivity contribution < 1.29 is 4.79 Å². The van der Waals surface area contributed by atoms with E-state index in [4.69, 9.17) is 0 Å². The number of fused-ring (bicyclic) bond motifs is 3. The molecule has 156 valence electrons. The molecular weight excluding hydrogens is 392 g/mol. The molecule has 4 aromatic rings. The van der Waals surface area contributed by atoms with Crippen LogP contribution in [-0.2, 0) is 4.79 Å². The van der Waals surface area contributed by atoms with Crippen LogP contribution in [0.4, 0.5) is 5.69 Å². The van der Waals surface area contributed by atoms with E-state index in [0.717, 1.165) is 39.8 Å². The number of anilines is 1. The van der Waals surface area contributed by atoms with Gasteiger partial charge in [-0.1, -0.05) is 66.2 Å².